The molecule has 4 nitrogen and oxygen atoms in total. The molecule has 1 heterocycles. The minimum Gasteiger partial charge on any atom is -0.398 e. The highest BCUT2D eigenvalue weighted by atomic mass is 16.3. The molecule has 1 aromatic carbocycles. The van der Waals surface area contributed by atoms with E-state index in [4.69, 9.17) is 5.73 Å². The van der Waals surface area contributed by atoms with Crippen LogP contribution in [0.3, 0.4) is 0 Å². The van der Waals surface area contributed by atoms with Crippen molar-refractivity contribution in [2.45, 2.75) is 19.1 Å². The van der Waals surface area contributed by atoms with Gasteiger partial charge in [-0.2, -0.15) is 0 Å². The van der Waals surface area contributed by atoms with Crippen LogP contribution in [0.4, 0.5) is 5.69 Å². The number of piperazine rings is 1. The summed E-state index contributed by atoms with van der Waals surface area (Å²) in [5, 5.41) is 10.3. The van der Waals surface area contributed by atoms with Crippen molar-refractivity contribution in [2.75, 3.05) is 39.0 Å². The van der Waals surface area contributed by atoms with Crippen LogP contribution in [0.1, 0.15) is 18.6 Å². The lowest BCUT2D eigenvalue weighted by Crippen LogP contribution is -2.51. The lowest BCUT2D eigenvalue weighted by molar-refractivity contribution is 0.0477. The summed E-state index contributed by atoms with van der Waals surface area (Å²) in [6.45, 7) is 5.97. The highest BCUT2D eigenvalue weighted by Gasteiger charge is 2.24. The van der Waals surface area contributed by atoms with Crippen LogP contribution in [-0.2, 0) is 0 Å². The number of rotatable bonds is 3. The van der Waals surface area contributed by atoms with Gasteiger partial charge in [0.15, 0.2) is 0 Å². The molecule has 1 fully saturated rings. The summed E-state index contributed by atoms with van der Waals surface area (Å²) in [6, 6.07) is 8.03. The molecule has 0 aliphatic carbocycles. The lowest BCUT2D eigenvalue weighted by atomic mass is 10.1. The summed E-state index contributed by atoms with van der Waals surface area (Å²) in [5.41, 5.74) is 7.41. The minimum atomic E-state index is -0.503. The van der Waals surface area contributed by atoms with Crippen molar-refractivity contribution >= 4 is 5.69 Å². The van der Waals surface area contributed by atoms with Crippen LogP contribution in [0.25, 0.3) is 0 Å². The summed E-state index contributed by atoms with van der Waals surface area (Å²) < 4.78 is 0. The maximum absolute atomic E-state index is 10.3. The quantitative estimate of drug-likeness (QED) is 0.783. The standard InChI is InChI=1S/C14H23N3O/c1-11-9-16(2)7-8-17(11)10-14(18)12-5-3-4-6-13(12)15/h3-6,11,14,18H,7-10,15H2,1-2H3. The van der Waals surface area contributed by atoms with E-state index in [1.54, 1.807) is 0 Å². The second-order valence-electron chi connectivity index (χ2n) is 5.25. The number of hydrogen-bond donors (Lipinski definition) is 2. The fourth-order valence-corrected chi connectivity index (χ4v) is 2.58. The molecule has 100 valence electrons. The van der Waals surface area contributed by atoms with Gasteiger partial charge in [0.05, 0.1) is 6.10 Å². The summed E-state index contributed by atoms with van der Waals surface area (Å²) in [5.74, 6) is 0. The zero-order valence-electron chi connectivity index (χ0n) is 11.2. The molecule has 2 atom stereocenters. The highest BCUT2D eigenvalue weighted by molar-refractivity contribution is 5.47. The Kier molecular flexibility index (Phi) is 4.22. The zero-order chi connectivity index (χ0) is 13.1. The van der Waals surface area contributed by atoms with E-state index in [0.717, 1.165) is 25.2 Å². The fourth-order valence-electron chi connectivity index (χ4n) is 2.58. The van der Waals surface area contributed by atoms with E-state index in [0.29, 0.717) is 18.3 Å². The molecule has 1 aliphatic rings. The Morgan fingerprint density at radius 3 is 2.78 bits per heavy atom. The molecular formula is C14H23N3O. The van der Waals surface area contributed by atoms with Crippen molar-refractivity contribution in [3.05, 3.63) is 29.8 Å². The Bertz CT molecular complexity index is 396. The average molecular weight is 249 g/mol. The average Bonchev–Trinajstić information content (AvgIpc) is 2.33. The number of benzene rings is 1. The Labute approximate surface area is 109 Å². The van der Waals surface area contributed by atoms with Crippen LogP contribution in [0.2, 0.25) is 0 Å². The molecule has 0 aromatic heterocycles. The number of aliphatic hydroxyl groups excluding tert-OH is 1. The van der Waals surface area contributed by atoms with Crippen molar-refractivity contribution in [1.29, 1.82) is 0 Å². The Morgan fingerprint density at radius 1 is 1.39 bits per heavy atom. The third kappa shape index (κ3) is 3.02. The first-order valence-corrected chi connectivity index (χ1v) is 6.53. The number of hydrogen-bond acceptors (Lipinski definition) is 4. The Balaban J connectivity index is 1.99. The van der Waals surface area contributed by atoms with Crippen molar-refractivity contribution in [3.63, 3.8) is 0 Å². The molecule has 1 aliphatic heterocycles. The van der Waals surface area contributed by atoms with Gasteiger partial charge in [0.25, 0.3) is 0 Å². The predicted octanol–water partition coefficient (Wildman–Crippen LogP) is 0.938. The molecule has 1 saturated heterocycles. The molecule has 4 heteroatoms. The molecule has 0 saturated carbocycles. The number of nitrogen functional groups attached to an aromatic ring is 1. The van der Waals surface area contributed by atoms with Gasteiger partial charge in [-0.1, -0.05) is 18.2 Å². The van der Waals surface area contributed by atoms with Gasteiger partial charge in [-0.15, -0.1) is 0 Å². The number of nitrogens with two attached hydrogens (primary N) is 1. The summed E-state index contributed by atoms with van der Waals surface area (Å²) in [7, 11) is 2.14. The van der Waals surface area contributed by atoms with E-state index >= 15 is 0 Å². The number of β-amino-alcohol motifs (C(OH)–C–C–N with tert-alkyl or cyclic N) is 1. The zero-order valence-corrected chi connectivity index (χ0v) is 11.2. The SMILES string of the molecule is CC1CN(C)CCN1CC(O)c1ccccc1N. The predicted molar refractivity (Wildman–Crippen MR) is 74.3 cm³/mol. The number of para-hydroxylation sites is 1. The van der Waals surface area contributed by atoms with Crippen LogP contribution in [0.5, 0.6) is 0 Å². The number of aliphatic hydroxyl groups is 1. The molecular weight excluding hydrogens is 226 g/mol. The molecule has 2 unspecified atom stereocenters. The van der Waals surface area contributed by atoms with Crippen LogP contribution >= 0.6 is 0 Å². The molecule has 18 heavy (non-hydrogen) atoms. The van der Waals surface area contributed by atoms with Crippen molar-refractivity contribution in [3.8, 4) is 0 Å². The molecule has 3 N–H and O–H groups in total. The van der Waals surface area contributed by atoms with Gasteiger partial charge >= 0.3 is 0 Å². The van der Waals surface area contributed by atoms with Gasteiger partial charge in [0.2, 0.25) is 0 Å². The maximum atomic E-state index is 10.3. The van der Waals surface area contributed by atoms with Gasteiger partial charge in [0.1, 0.15) is 0 Å². The lowest BCUT2D eigenvalue weighted by Gasteiger charge is -2.39. The molecule has 0 bridgehead atoms. The van der Waals surface area contributed by atoms with Crippen molar-refractivity contribution in [1.82, 2.24) is 9.80 Å². The Hall–Kier alpha value is -1.10. The van der Waals surface area contributed by atoms with E-state index in [1.807, 2.05) is 24.3 Å². The summed E-state index contributed by atoms with van der Waals surface area (Å²) in [4.78, 5) is 4.65. The molecule has 2 rings (SSSR count). The van der Waals surface area contributed by atoms with Gasteiger partial charge in [-0.3, -0.25) is 4.90 Å². The summed E-state index contributed by atoms with van der Waals surface area (Å²) >= 11 is 0. The van der Waals surface area contributed by atoms with E-state index in [-0.39, 0.29) is 0 Å². The number of nitrogens with zero attached hydrogens (tertiary/aromatic N) is 2. The van der Waals surface area contributed by atoms with Gasteiger partial charge in [-0.25, -0.2) is 0 Å². The maximum Gasteiger partial charge on any atom is 0.0936 e. The molecule has 0 radical (unpaired) electrons. The second kappa shape index (κ2) is 5.69. The van der Waals surface area contributed by atoms with Crippen molar-refractivity contribution in [2.24, 2.45) is 0 Å². The topological polar surface area (TPSA) is 52.7 Å². The van der Waals surface area contributed by atoms with E-state index < -0.39 is 6.10 Å². The first-order chi connectivity index (χ1) is 8.58. The molecule has 1 aromatic rings. The van der Waals surface area contributed by atoms with Crippen LogP contribution in [0.15, 0.2) is 24.3 Å². The first-order valence-electron chi connectivity index (χ1n) is 6.53. The fraction of sp³-hybridized carbons (Fsp3) is 0.571. The van der Waals surface area contributed by atoms with Crippen LogP contribution < -0.4 is 5.73 Å². The smallest absolute Gasteiger partial charge is 0.0936 e. The highest BCUT2D eigenvalue weighted by Crippen LogP contribution is 2.22. The first kappa shape index (κ1) is 13.3. The van der Waals surface area contributed by atoms with Crippen molar-refractivity contribution < 1.29 is 5.11 Å². The van der Waals surface area contributed by atoms with E-state index in [2.05, 4.69) is 23.8 Å². The van der Waals surface area contributed by atoms with Gasteiger partial charge < -0.3 is 15.7 Å². The monoisotopic (exact) mass is 249 g/mol. The van der Waals surface area contributed by atoms with E-state index in [1.165, 1.54) is 0 Å². The van der Waals surface area contributed by atoms with Crippen LogP contribution in [-0.4, -0.2) is 54.2 Å². The molecule has 0 amide bonds. The van der Waals surface area contributed by atoms with E-state index in [9.17, 15) is 5.11 Å². The third-order valence-electron chi connectivity index (χ3n) is 3.73. The summed E-state index contributed by atoms with van der Waals surface area (Å²) in [6.07, 6.45) is -0.503. The number of likely N-dealkylation sites (N-methyl/N-ethyl adjacent to an activating group) is 1. The second-order valence-corrected chi connectivity index (χ2v) is 5.25. The largest absolute Gasteiger partial charge is 0.398 e. The minimum absolute atomic E-state index is 0.475. The van der Waals surface area contributed by atoms with Gasteiger partial charge in [0, 0.05) is 43.5 Å². The molecule has 0 spiro atoms. The third-order valence-corrected chi connectivity index (χ3v) is 3.73. The number of anilines is 1. The normalized spacial score (nSPS) is 24.1. The Morgan fingerprint density at radius 2 is 2.11 bits per heavy atom. The van der Waals surface area contributed by atoms with Crippen LogP contribution in [0, 0.1) is 0 Å². The van der Waals surface area contributed by atoms with Gasteiger partial charge in [-0.05, 0) is 20.0 Å².